The van der Waals surface area contributed by atoms with Gasteiger partial charge in [0, 0.05) is 36.8 Å². The Bertz CT molecular complexity index is 869. The molecule has 4 rings (SSSR count). The predicted molar refractivity (Wildman–Crippen MR) is 95.8 cm³/mol. The second-order valence-corrected chi connectivity index (χ2v) is 6.34. The van der Waals surface area contributed by atoms with Crippen LogP contribution in [0.3, 0.4) is 0 Å². The van der Waals surface area contributed by atoms with Gasteiger partial charge in [0.1, 0.15) is 11.6 Å². The Labute approximate surface area is 151 Å². The van der Waals surface area contributed by atoms with Gasteiger partial charge in [0.15, 0.2) is 0 Å². The largest absolute Gasteiger partial charge is 0.449 e. The number of hydrogen-bond acceptors (Lipinski definition) is 3. The van der Waals surface area contributed by atoms with Crippen LogP contribution in [-0.2, 0) is 17.7 Å². The first-order valence-corrected chi connectivity index (χ1v) is 8.84. The number of carbonyl (C=O) groups excluding carboxylic acids is 1. The van der Waals surface area contributed by atoms with Gasteiger partial charge in [-0.2, -0.15) is 0 Å². The van der Waals surface area contributed by atoms with Gasteiger partial charge >= 0.3 is 6.09 Å². The van der Waals surface area contributed by atoms with Crippen LogP contribution in [0, 0.1) is 5.82 Å². The summed E-state index contributed by atoms with van der Waals surface area (Å²) in [5.41, 5.74) is 2.86. The third-order valence-electron chi connectivity index (χ3n) is 4.69. The highest BCUT2D eigenvalue weighted by atomic mass is 19.1. The van der Waals surface area contributed by atoms with Crippen LogP contribution in [0.1, 0.15) is 30.8 Å². The Morgan fingerprint density at radius 2 is 2.00 bits per heavy atom. The second kappa shape index (κ2) is 6.78. The molecule has 3 heterocycles. The van der Waals surface area contributed by atoms with Crippen LogP contribution in [0.25, 0.3) is 11.3 Å². The molecule has 0 atom stereocenters. The van der Waals surface area contributed by atoms with Crippen LogP contribution < -0.4 is 0 Å². The summed E-state index contributed by atoms with van der Waals surface area (Å²) in [5.74, 6) is 0.804. The maximum absolute atomic E-state index is 13.3. The van der Waals surface area contributed by atoms with Gasteiger partial charge in [0.05, 0.1) is 18.0 Å². The maximum atomic E-state index is 13.3. The summed E-state index contributed by atoms with van der Waals surface area (Å²) in [4.78, 5) is 18.1. The molecule has 0 spiro atoms. The molecule has 0 radical (unpaired) electrons. The van der Waals surface area contributed by atoms with Crippen molar-refractivity contribution in [3.63, 3.8) is 0 Å². The maximum Gasteiger partial charge on any atom is 0.417 e. The third-order valence-corrected chi connectivity index (χ3v) is 4.69. The van der Waals surface area contributed by atoms with E-state index >= 15 is 0 Å². The molecule has 0 saturated carbocycles. The van der Waals surface area contributed by atoms with Crippen molar-refractivity contribution in [1.82, 2.24) is 14.5 Å². The molecule has 2 aliphatic rings. The number of halogens is 1. The van der Waals surface area contributed by atoms with E-state index in [0.29, 0.717) is 6.61 Å². The van der Waals surface area contributed by atoms with Gasteiger partial charge in [-0.05, 0) is 37.6 Å². The third kappa shape index (κ3) is 2.92. The summed E-state index contributed by atoms with van der Waals surface area (Å²) in [6.45, 7) is 3.05. The van der Waals surface area contributed by atoms with E-state index in [1.165, 1.54) is 17.0 Å². The van der Waals surface area contributed by atoms with Crippen molar-refractivity contribution in [2.24, 2.45) is 0 Å². The van der Waals surface area contributed by atoms with Gasteiger partial charge in [-0.15, -0.1) is 0 Å². The van der Waals surface area contributed by atoms with Crippen molar-refractivity contribution in [3.8, 4) is 11.3 Å². The first kappa shape index (κ1) is 16.6. The van der Waals surface area contributed by atoms with Gasteiger partial charge in [-0.1, -0.05) is 12.2 Å². The summed E-state index contributed by atoms with van der Waals surface area (Å²) in [6.07, 6.45) is 9.02. The molecule has 6 heteroatoms. The molecule has 0 N–H and O–H groups in total. The first-order chi connectivity index (χ1) is 12.7. The van der Waals surface area contributed by atoms with Gasteiger partial charge in [-0.25, -0.2) is 14.2 Å². The van der Waals surface area contributed by atoms with E-state index in [1.54, 1.807) is 31.5 Å². The Hall–Kier alpha value is -2.89. The molecule has 2 aromatic rings. The number of aromatic nitrogens is 2. The summed E-state index contributed by atoms with van der Waals surface area (Å²) in [6, 6.07) is 6.44. The molecule has 1 aromatic carbocycles. The second-order valence-electron chi connectivity index (χ2n) is 6.34. The number of allylic oxidation sites excluding steroid dienone is 2. The lowest BCUT2D eigenvalue weighted by Crippen LogP contribution is -2.23. The highest BCUT2D eigenvalue weighted by Crippen LogP contribution is 2.35. The van der Waals surface area contributed by atoms with Crippen molar-refractivity contribution in [2.45, 2.75) is 32.2 Å². The smallest absolute Gasteiger partial charge is 0.417 e. The fraction of sp³-hybridized carbons (Fsp3) is 0.300. The monoisotopic (exact) mass is 353 g/mol. The van der Waals surface area contributed by atoms with Crippen molar-refractivity contribution >= 4 is 6.09 Å². The zero-order valence-electron chi connectivity index (χ0n) is 14.6. The van der Waals surface area contributed by atoms with Gasteiger partial charge in [-0.3, -0.25) is 4.90 Å². The number of carbonyl (C=O) groups is 1. The highest BCUT2D eigenvalue weighted by molar-refractivity contribution is 5.71. The molecule has 0 fully saturated rings. The summed E-state index contributed by atoms with van der Waals surface area (Å²) in [5, 5.41) is 0. The zero-order valence-corrected chi connectivity index (χ0v) is 14.6. The molecule has 26 heavy (non-hydrogen) atoms. The van der Waals surface area contributed by atoms with Crippen LogP contribution in [0.2, 0.25) is 0 Å². The molecular weight excluding hydrogens is 333 g/mol. The van der Waals surface area contributed by atoms with Crippen molar-refractivity contribution in [3.05, 3.63) is 66.2 Å². The van der Waals surface area contributed by atoms with E-state index in [2.05, 4.69) is 4.57 Å². The van der Waals surface area contributed by atoms with E-state index in [9.17, 15) is 9.18 Å². The Kier molecular flexibility index (Phi) is 4.32. The number of amides is 1. The average molecular weight is 353 g/mol. The van der Waals surface area contributed by atoms with Crippen molar-refractivity contribution in [2.75, 3.05) is 6.61 Å². The Balaban J connectivity index is 1.69. The average Bonchev–Trinajstić information content (AvgIpc) is 3.24. The predicted octanol–water partition coefficient (Wildman–Crippen LogP) is 4.22. The number of imidazole rings is 1. The first-order valence-electron chi connectivity index (χ1n) is 8.84. The van der Waals surface area contributed by atoms with E-state index in [-0.39, 0.29) is 11.7 Å². The van der Waals surface area contributed by atoms with Crippen LogP contribution >= 0.6 is 0 Å². The molecule has 0 aliphatic carbocycles. The van der Waals surface area contributed by atoms with E-state index < -0.39 is 6.09 Å². The SMILES string of the molecule is CCOC(=O)N1C=CC(c2c(-c3ccc(F)cc3)nc3n2CCC3)C=C1. The van der Waals surface area contributed by atoms with Crippen LogP contribution in [0.4, 0.5) is 9.18 Å². The van der Waals surface area contributed by atoms with Crippen LogP contribution in [-0.4, -0.2) is 27.2 Å². The standard InChI is InChI=1S/C20H20FN3O2/c1-2-26-20(25)23-12-9-15(10-13-23)19-18(14-5-7-16(21)8-6-14)22-17-4-3-11-24(17)19/h5-10,12-13,15H,2-4,11H2,1H3. The number of ether oxygens (including phenoxy) is 1. The topological polar surface area (TPSA) is 47.4 Å². The zero-order chi connectivity index (χ0) is 18.1. The molecule has 5 nitrogen and oxygen atoms in total. The van der Waals surface area contributed by atoms with E-state index in [4.69, 9.17) is 9.72 Å². The normalized spacial score (nSPS) is 16.2. The fourth-order valence-corrected chi connectivity index (χ4v) is 3.49. The summed E-state index contributed by atoms with van der Waals surface area (Å²) < 4.78 is 20.6. The lowest BCUT2D eigenvalue weighted by Gasteiger charge is -2.21. The molecule has 0 saturated heterocycles. The summed E-state index contributed by atoms with van der Waals surface area (Å²) in [7, 11) is 0. The van der Waals surface area contributed by atoms with Crippen LogP contribution in [0.5, 0.6) is 0 Å². The van der Waals surface area contributed by atoms with Crippen molar-refractivity contribution in [1.29, 1.82) is 0 Å². The number of hydrogen-bond donors (Lipinski definition) is 0. The Morgan fingerprint density at radius 1 is 1.27 bits per heavy atom. The van der Waals surface area contributed by atoms with Crippen LogP contribution in [0.15, 0.2) is 48.8 Å². The molecule has 0 unspecified atom stereocenters. The van der Waals surface area contributed by atoms with Gasteiger partial charge in [0.25, 0.3) is 0 Å². The Morgan fingerprint density at radius 3 is 2.69 bits per heavy atom. The van der Waals surface area contributed by atoms with E-state index in [1.807, 2.05) is 12.2 Å². The molecule has 2 aliphatic heterocycles. The lowest BCUT2D eigenvalue weighted by molar-refractivity contribution is 0.133. The quantitative estimate of drug-likeness (QED) is 0.830. The minimum atomic E-state index is -0.393. The minimum absolute atomic E-state index is 0.0000737. The van der Waals surface area contributed by atoms with Gasteiger partial charge in [0.2, 0.25) is 0 Å². The summed E-state index contributed by atoms with van der Waals surface area (Å²) >= 11 is 0. The number of fused-ring (bicyclic) bond motifs is 1. The number of nitrogens with zero attached hydrogens (tertiary/aromatic N) is 3. The minimum Gasteiger partial charge on any atom is -0.449 e. The van der Waals surface area contributed by atoms with Gasteiger partial charge < -0.3 is 9.30 Å². The fourth-order valence-electron chi connectivity index (χ4n) is 3.49. The highest BCUT2D eigenvalue weighted by Gasteiger charge is 2.27. The number of rotatable bonds is 3. The lowest BCUT2D eigenvalue weighted by atomic mass is 9.98. The molecule has 1 amide bonds. The van der Waals surface area contributed by atoms with E-state index in [0.717, 1.165) is 42.2 Å². The van der Waals surface area contributed by atoms with Crippen molar-refractivity contribution < 1.29 is 13.9 Å². The number of aryl methyl sites for hydroxylation is 1. The molecule has 134 valence electrons. The molecular formula is C20H20FN3O2. The molecule has 0 bridgehead atoms. The number of benzene rings is 1. The molecule has 1 aromatic heterocycles.